The topological polar surface area (TPSA) is 57.5 Å². The molecule has 1 fully saturated rings. The third kappa shape index (κ3) is 2.62. The molecule has 160 valence electrons. The normalized spacial score (nSPS) is 25.2. The molecule has 2 aliphatic rings. The minimum Gasteiger partial charge on any atom is -0.347 e. The van der Waals surface area contributed by atoms with E-state index in [0.717, 1.165) is 24.2 Å². The Labute approximate surface area is 186 Å². The molecule has 0 radical (unpaired) electrons. The van der Waals surface area contributed by atoms with Gasteiger partial charge < -0.3 is 9.80 Å². The Kier molecular flexibility index (Phi) is 4.48. The van der Waals surface area contributed by atoms with Gasteiger partial charge in [-0.3, -0.25) is 9.21 Å². The molecule has 1 aromatic heterocycles. The zero-order chi connectivity index (χ0) is 21.8. The Hall–Kier alpha value is -3.06. The van der Waals surface area contributed by atoms with Gasteiger partial charge in [-0.25, -0.2) is 0 Å². The van der Waals surface area contributed by atoms with Gasteiger partial charge in [-0.15, -0.1) is 0 Å². The number of benzene rings is 2. The molecule has 1 saturated heterocycles. The van der Waals surface area contributed by atoms with Gasteiger partial charge in [0, 0.05) is 25.4 Å². The van der Waals surface area contributed by atoms with Crippen molar-refractivity contribution in [1.29, 1.82) is 0 Å². The van der Waals surface area contributed by atoms with Gasteiger partial charge in [0.2, 0.25) is 0 Å². The summed E-state index contributed by atoms with van der Waals surface area (Å²) in [7, 11) is 2.05. The molecule has 0 bridgehead atoms. The molecule has 2 aromatic carbocycles. The van der Waals surface area contributed by atoms with Crippen molar-refractivity contribution in [1.82, 2.24) is 19.9 Å². The summed E-state index contributed by atoms with van der Waals surface area (Å²) in [5, 5.41) is 8.46. The molecule has 1 amide bonds. The molecule has 0 spiro atoms. The Morgan fingerprint density at radius 1 is 0.968 bits per heavy atom. The maximum absolute atomic E-state index is 13.9. The molecule has 3 heterocycles. The fourth-order valence-corrected chi connectivity index (χ4v) is 5.62. The van der Waals surface area contributed by atoms with Crippen molar-refractivity contribution < 1.29 is 4.79 Å². The van der Waals surface area contributed by atoms with Gasteiger partial charge in [-0.05, 0) is 51.0 Å². The highest BCUT2D eigenvalue weighted by Crippen LogP contribution is 2.54. The summed E-state index contributed by atoms with van der Waals surface area (Å²) >= 11 is 6.97. The quantitative estimate of drug-likeness (QED) is 0.579. The molecule has 0 N–H and O–H groups in total. The van der Waals surface area contributed by atoms with E-state index >= 15 is 0 Å². The Bertz CT molecular complexity index is 1100. The van der Waals surface area contributed by atoms with Crippen LogP contribution in [0.5, 0.6) is 0 Å². The van der Waals surface area contributed by atoms with Crippen LogP contribution in [0, 0.1) is 0 Å². The van der Waals surface area contributed by atoms with E-state index in [1.165, 1.54) is 4.80 Å². The van der Waals surface area contributed by atoms with Crippen LogP contribution in [0.15, 0.2) is 60.9 Å². The van der Waals surface area contributed by atoms with Gasteiger partial charge in [0.05, 0.1) is 40.6 Å². The number of rotatable bonds is 3. The van der Waals surface area contributed by atoms with Crippen LogP contribution in [-0.2, 0) is 0 Å². The fourth-order valence-electron chi connectivity index (χ4n) is 5.18. The summed E-state index contributed by atoms with van der Waals surface area (Å²) in [6, 6.07) is 15.6. The number of hydrogen-bond acceptors (Lipinski definition) is 5. The van der Waals surface area contributed by atoms with Crippen LogP contribution < -0.4 is 9.32 Å². The lowest BCUT2D eigenvalue weighted by Crippen LogP contribution is -2.70. The summed E-state index contributed by atoms with van der Waals surface area (Å²) in [6.45, 7) is 4.93. The van der Waals surface area contributed by atoms with Gasteiger partial charge in [0.25, 0.3) is 5.91 Å². The molecule has 3 aromatic rings. The van der Waals surface area contributed by atoms with Crippen LogP contribution in [0.2, 0.25) is 0 Å². The summed E-state index contributed by atoms with van der Waals surface area (Å²) in [6.07, 6.45) is 4.98. The van der Waals surface area contributed by atoms with E-state index in [9.17, 15) is 4.79 Å². The summed E-state index contributed by atoms with van der Waals surface area (Å²) in [5.74, 6) is -0.0384. The van der Waals surface area contributed by atoms with E-state index in [1.807, 2.05) is 47.4 Å². The average molecular weight is 437 g/mol. The number of fused-ring (bicyclic) bond motifs is 1. The summed E-state index contributed by atoms with van der Waals surface area (Å²) in [4.78, 5) is 19.6. The molecule has 2 aliphatic heterocycles. The van der Waals surface area contributed by atoms with Gasteiger partial charge in [0.15, 0.2) is 0 Å². The van der Waals surface area contributed by atoms with E-state index in [2.05, 4.69) is 42.1 Å². The van der Waals surface area contributed by atoms with E-state index in [0.29, 0.717) is 17.8 Å². The fraction of sp³-hybridized carbons (Fsp3) is 0.348. The number of likely N-dealkylation sites (tertiary alicyclic amines) is 1. The van der Waals surface area contributed by atoms with E-state index < -0.39 is 11.2 Å². The van der Waals surface area contributed by atoms with Crippen molar-refractivity contribution in [3.05, 3.63) is 66.5 Å². The number of halogens is 1. The van der Waals surface area contributed by atoms with Gasteiger partial charge in [-0.2, -0.15) is 15.0 Å². The van der Waals surface area contributed by atoms with E-state index in [1.54, 1.807) is 16.8 Å². The van der Waals surface area contributed by atoms with Crippen molar-refractivity contribution in [3.63, 3.8) is 0 Å². The second-order valence-corrected chi connectivity index (χ2v) is 8.86. The third-order valence-corrected chi connectivity index (χ3v) is 7.68. The molecular weight excluding hydrogens is 412 g/mol. The molecule has 5 rings (SSSR count). The number of hydrogen-bond donors (Lipinski definition) is 0. The molecule has 0 saturated carbocycles. The number of para-hydroxylation sites is 3. The average Bonchev–Trinajstić information content (AvgIpc) is 3.51. The lowest BCUT2D eigenvalue weighted by Gasteiger charge is -2.53. The number of likely N-dealkylation sites (N-methyl/N-ethyl adjacent to an activating group) is 1. The first kappa shape index (κ1) is 19.9. The highest BCUT2D eigenvalue weighted by molar-refractivity contribution is 6.28. The summed E-state index contributed by atoms with van der Waals surface area (Å²) in [5.41, 5.74) is 2.11. The number of nitrogens with zero attached hydrogens (tertiary/aromatic N) is 6. The monoisotopic (exact) mass is 436 g/mol. The molecule has 1 unspecified atom stereocenters. The van der Waals surface area contributed by atoms with Crippen molar-refractivity contribution in [2.24, 2.45) is 0 Å². The van der Waals surface area contributed by atoms with Crippen LogP contribution >= 0.6 is 11.8 Å². The lowest BCUT2D eigenvalue weighted by atomic mass is 9.83. The minimum atomic E-state index is -0.622. The molecular formula is C23H25ClN6O. The second kappa shape index (κ2) is 6.99. The minimum absolute atomic E-state index is 0.0384. The molecule has 2 atom stereocenters. The SMILES string of the molecule is CN1c2ccccc2N(Cl)[C@@]1(C)C1(C)CCCN1C(=O)c1ccccc1-n1nccn1. The van der Waals surface area contributed by atoms with Crippen molar-refractivity contribution in [2.75, 3.05) is 22.9 Å². The Morgan fingerprint density at radius 2 is 1.58 bits per heavy atom. The van der Waals surface area contributed by atoms with E-state index in [4.69, 9.17) is 11.8 Å². The van der Waals surface area contributed by atoms with E-state index in [-0.39, 0.29) is 5.91 Å². The van der Waals surface area contributed by atoms with Crippen molar-refractivity contribution in [3.8, 4) is 5.69 Å². The molecule has 0 aliphatic carbocycles. The first-order valence-corrected chi connectivity index (χ1v) is 10.8. The van der Waals surface area contributed by atoms with Gasteiger partial charge >= 0.3 is 0 Å². The largest absolute Gasteiger partial charge is 0.347 e. The standard InChI is InChI=1S/C23H25ClN6O/c1-22(23(2)27(3)19-11-6-7-12-20(19)29(23)24)13-8-16-28(22)21(31)17-9-4-5-10-18(17)30-25-14-15-26-30/h4-7,9-12,14-15H,8,13,16H2,1-3H3/t22?,23-/m0/s1. The zero-order valence-corrected chi connectivity index (χ0v) is 18.6. The van der Waals surface area contributed by atoms with Crippen molar-refractivity contribution in [2.45, 2.75) is 37.9 Å². The smallest absolute Gasteiger partial charge is 0.256 e. The molecule has 8 heteroatoms. The predicted octanol–water partition coefficient (Wildman–Crippen LogP) is 4.09. The number of carbonyl (C=O) groups excluding carboxylic acids is 1. The number of amides is 1. The predicted molar refractivity (Wildman–Crippen MR) is 122 cm³/mol. The first-order chi connectivity index (χ1) is 14.9. The number of anilines is 2. The molecule has 7 nitrogen and oxygen atoms in total. The maximum atomic E-state index is 13.9. The zero-order valence-electron chi connectivity index (χ0n) is 17.9. The second-order valence-electron chi connectivity index (χ2n) is 8.52. The van der Waals surface area contributed by atoms with Gasteiger partial charge in [-0.1, -0.05) is 24.3 Å². The summed E-state index contributed by atoms with van der Waals surface area (Å²) < 4.78 is 1.80. The van der Waals surface area contributed by atoms with Crippen LogP contribution in [0.1, 0.15) is 37.0 Å². The highest BCUT2D eigenvalue weighted by Gasteiger charge is 2.61. The Balaban J connectivity index is 1.58. The number of carbonyl (C=O) groups is 1. The van der Waals surface area contributed by atoms with Crippen LogP contribution in [0.25, 0.3) is 5.69 Å². The van der Waals surface area contributed by atoms with Crippen LogP contribution in [0.4, 0.5) is 11.4 Å². The lowest BCUT2D eigenvalue weighted by molar-refractivity contribution is 0.0466. The van der Waals surface area contributed by atoms with Gasteiger partial charge in [0.1, 0.15) is 5.66 Å². The molecule has 31 heavy (non-hydrogen) atoms. The van der Waals surface area contributed by atoms with Crippen LogP contribution in [-0.4, -0.2) is 50.6 Å². The number of aromatic nitrogens is 3. The van der Waals surface area contributed by atoms with Crippen molar-refractivity contribution >= 4 is 29.1 Å². The third-order valence-electron chi connectivity index (χ3n) is 7.17. The maximum Gasteiger partial charge on any atom is 0.256 e. The van der Waals surface area contributed by atoms with Crippen LogP contribution in [0.3, 0.4) is 0 Å². The highest BCUT2D eigenvalue weighted by atomic mass is 35.5. The Morgan fingerprint density at radius 3 is 2.26 bits per heavy atom. The first-order valence-electron chi connectivity index (χ1n) is 10.5.